The van der Waals surface area contributed by atoms with E-state index in [1.807, 2.05) is 12.1 Å². The fourth-order valence-corrected chi connectivity index (χ4v) is 1.58. The minimum atomic E-state index is -0.000602. The monoisotopic (exact) mass is 193 g/mol. The molecule has 1 heterocycles. The number of pyridine rings is 1. The molecule has 0 saturated heterocycles. The second kappa shape index (κ2) is 2.89. The van der Waals surface area contributed by atoms with Gasteiger partial charge in [0.1, 0.15) is 0 Å². The number of benzene rings is 1. The van der Waals surface area contributed by atoms with Crippen LogP contribution in [0.3, 0.4) is 0 Å². The van der Waals surface area contributed by atoms with E-state index in [9.17, 15) is 4.79 Å². The number of H-pyrrole nitrogens is 1. The molecule has 2 rings (SSSR count). The highest BCUT2D eigenvalue weighted by Gasteiger charge is 2.04. The van der Waals surface area contributed by atoms with E-state index in [0.717, 1.165) is 5.52 Å². The lowest BCUT2D eigenvalue weighted by Crippen LogP contribution is -2.06. The summed E-state index contributed by atoms with van der Waals surface area (Å²) in [5.41, 5.74) is 1.46. The van der Waals surface area contributed by atoms with Gasteiger partial charge in [-0.05, 0) is 19.1 Å². The molecule has 0 atom stereocenters. The van der Waals surface area contributed by atoms with Gasteiger partial charge in [-0.1, -0.05) is 17.7 Å². The van der Waals surface area contributed by atoms with E-state index in [1.54, 1.807) is 19.2 Å². The molecular formula is C10H8ClNO. The van der Waals surface area contributed by atoms with Crippen LogP contribution in [0.1, 0.15) is 5.56 Å². The smallest absolute Gasteiger partial charge is 0.193 e. The van der Waals surface area contributed by atoms with Crippen molar-refractivity contribution in [2.75, 3.05) is 0 Å². The number of halogens is 1. The molecule has 1 N–H and O–H groups in total. The summed E-state index contributed by atoms with van der Waals surface area (Å²) < 4.78 is 0. The van der Waals surface area contributed by atoms with Gasteiger partial charge in [-0.25, -0.2) is 0 Å². The molecule has 0 aliphatic carbocycles. The number of aromatic amines is 1. The second-order valence-corrected chi connectivity index (χ2v) is 3.37. The third kappa shape index (κ3) is 1.23. The summed E-state index contributed by atoms with van der Waals surface area (Å²) in [5, 5.41) is 1.08. The molecule has 0 fully saturated rings. The van der Waals surface area contributed by atoms with Crippen LogP contribution in [-0.4, -0.2) is 4.98 Å². The van der Waals surface area contributed by atoms with E-state index in [-0.39, 0.29) is 5.43 Å². The largest absolute Gasteiger partial charge is 0.361 e. The minimum absolute atomic E-state index is 0.000602. The molecule has 66 valence electrons. The molecule has 13 heavy (non-hydrogen) atoms. The van der Waals surface area contributed by atoms with E-state index < -0.39 is 0 Å². The zero-order valence-electron chi connectivity index (χ0n) is 7.10. The van der Waals surface area contributed by atoms with Gasteiger partial charge < -0.3 is 4.98 Å². The topological polar surface area (TPSA) is 32.9 Å². The van der Waals surface area contributed by atoms with Gasteiger partial charge in [-0.15, -0.1) is 0 Å². The molecule has 2 nitrogen and oxygen atoms in total. The molecule has 3 heteroatoms. The maximum atomic E-state index is 11.6. The summed E-state index contributed by atoms with van der Waals surface area (Å²) in [7, 11) is 0. The number of aryl methyl sites for hydroxylation is 1. The van der Waals surface area contributed by atoms with Gasteiger partial charge in [0.15, 0.2) is 5.43 Å². The van der Waals surface area contributed by atoms with Crippen LogP contribution in [0.4, 0.5) is 0 Å². The fourth-order valence-electron chi connectivity index (χ4n) is 1.32. The highest BCUT2D eigenvalue weighted by molar-refractivity contribution is 6.35. The van der Waals surface area contributed by atoms with Gasteiger partial charge in [-0.3, -0.25) is 4.79 Å². The zero-order chi connectivity index (χ0) is 9.42. The standard InChI is InChI=1S/C10H8ClNO/c1-6-5-12-8-4-2-3-7(11)9(8)10(6)13/h2-5H,1H3,(H,12,13). The van der Waals surface area contributed by atoms with Crippen LogP contribution in [0.2, 0.25) is 5.02 Å². The summed E-state index contributed by atoms with van der Waals surface area (Å²) in [5.74, 6) is 0. The van der Waals surface area contributed by atoms with E-state index in [0.29, 0.717) is 16.0 Å². The van der Waals surface area contributed by atoms with Crippen LogP contribution >= 0.6 is 11.6 Å². The Hall–Kier alpha value is -1.28. The summed E-state index contributed by atoms with van der Waals surface area (Å²) in [6, 6.07) is 5.37. The summed E-state index contributed by atoms with van der Waals surface area (Å²) in [6.07, 6.45) is 1.70. The van der Waals surface area contributed by atoms with Crippen LogP contribution in [0.25, 0.3) is 10.9 Å². The third-order valence-corrected chi connectivity index (χ3v) is 2.36. The Bertz CT molecular complexity index is 516. The van der Waals surface area contributed by atoms with Crippen molar-refractivity contribution in [3.05, 3.63) is 45.2 Å². The number of nitrogens with one attached hydrogen (secondary N) is 1. The molecule has 0 aliphatic rings. The highest BCUT2D eigenvalue weighted by Crippen LogP contribution is 2.18. The minimum Gasteiger partial charge on any atom is -0.361 e. The van der Waals surface area contributed by atoms with Crippen LogP contribution in [0.15, 0.2) is 29.2 Å². The lowest BCUT2D eigenvalue weighted by molar-refractivity contribution is 1.30. The second-order valence-electron chi connectivity index (χ2n) is 2.96. The first kappa shape index (κ1) is 8.32. The van der Waals surface area contributed by atoms with E-state index in [1.165, 1.54) is 0 Å². The Balaban J connectivity index is 3.06. The SMILES string of the molecule is Cc1c[nH]c2cccc(Cl)c2c1=O. The summed E-state index contributed by atoms with van der Waals surface area (Å²) in [6.45, 7) is 1.77. The first-order valence-electron chi connectivity index (χ1n) is 3.96. The molecule has 1 aromatic heterocycles. The maximum absolute atomic E-state index is 11.6. The van der Waals surface area contributed by atoms with Crippen LogP contribution in [-0.2, 0) is 0 Å². The van der Waals surface area contributed by atoms with Gasteiger partial charge in [-0.2, -0.15) is 0 Å². The zero-order valence-corrected chi connectivity index (χ0v) is 7.85. The average Bonchev–Trinajstić information content (AvgIpc) is 2.12. The molecule has 0 saturated carbocycles. The first-order valence-corrected chi connectivity index (χ1v) is 4.34. The van der Waals surface area contributed by atoms with E-state index in [2.05, 4.69) is 4.98 Å². The summed E-state index contributed by atoms with van der Waals surface area (Å²) in [4.78, 5) is 14.7. The molecule has 0 aliphatic heterocycles. The van der Waals surface area contributed by atoms with Crippen molar-refractivity contribution in [2.24, 2.45) is 0 Å². The predicted molar refractivity (Wildman–Crippen MR) is 54.3 cm³/mol. The number of fused-ring (bicyclic) bond motifs is 1. The Morgan fingerprint density at radius 3 is 2.92 bits per heavy atom. The van der Waals surface area contributed by atoms with Crippen molar-refractivity contribution in [1.29, 1.82) is 0 Å². The van der Waals surface area contributed by atoms with Crippen LogP contribution in [0.5, 0.6) is 0 Å². The Kier molecular flexibility index (Phi) is 1.85. The molecule has 0 amide bonds. The molecule has 0 unspecified atom stereocenters. The van der Waals surface area contributed by atoms with Crippen molar-refractivity contribution in [2.45, 2.75) is 6.92 Å². The number of rotatable bonds is 0. The van der Waals surface area contributed by atoms with Gasteiger partial charge in [0.05, 0.1) is 15.9 Å². The first-order chi connectivity index (χ1) is 6.20. The Labute approximate surface area is 80.2 Å². The quantitative estimate of drug-likeness (QED) is 0.685. The molecule has 0 bridgehead atoms. The molecule has 0 spiro atoms. The lowest BCUT2D eigenvalue weighted by Gasteiger charge is -2.00. The van der Waals surface area contributed by atoms with Gasteiger partial charge in [0.25, 0.3) is 0 Å². The van der Waals surface area contributed by atoms with Crippen molar-refractivity contribution in [3.63, 3.8) is 0 Å². The lowest BCUT2D eigenvalue weighted by atomic mass is 10.1. The highest BCUT2D eigenvalue weighted by atomic mass is 35.5. The van der Waals surface area contributed by atoms with Gasteiger partial charge in [0, 0.05) is 11.8 Å². The van der Waals surface area contributed by atoms with Crippen LogP contribution < -0.4 is 5.43 Å². The number of aromatic nitrogens is 1. The van der Waals surface area contributed by atoms with Crippen molar-refractivity contribution < 1.29 is 0 Å². The Morgan fingerprint density at radius 1 is 1.38 bits per heavy atom. The fraction of sp³-hybridized carbons (Fsp3) is 0.100. The molecule has 2 aromatic rings. The van der Waals surface area contributed by atoms with E-state index in [4.69, 9.17) is 11.6 Å². The van der Waals surface area contributed by atoms with Crippen molar-refractivity contribution in [3.8, 4) is 0 Å². The summed E-state index contributed by atoms with van der Waals surface area (Å²) >= 11 is 5.91. The normalized spacial score (nSPS) is 10.6. The molecular weight excluding hydrogens is 186 g/mol. The van der Waals surface area contributed by atoms with Crippen molar-refractivity contribution >= 4 is 22.5 Å². The number of hydrogen-bond acceptors (Lipinski definition) is 1. The third-order valence-electron chi connectivity index (χ3n) is 2.04. The Morgan fingerprint density at radius 2 is 2.15 bits per heavy atom. The molecule has 1 aromatic carbocycles. The van der Waals surface area contributed by atoms with Gasteiger partial charge in [0.2, 0.25) is 0 Å². The molecule has 0 radical (unpaired) electrons. The maximum Gasteiger partial charge on any atom is 0.193 e. The predicted octanol–water partition coefficient (Wildman–Crippen LogP) is 2.49. The van der Waals surface area contributed by atoms with Crippen LogP contribution in [0, 0.1) is 6.92 Å². The average molecular weight is 194 g/mol. The number of hydrogen-bond donors (Lipinski definition) is 1. The van der Waals surface area contributed by atoms with Gasteiger partial charge >= 0.3 is 0 Å². The van der Waals surface area contributed by atoms with E-state index >= 15 is 0 Å². The van der Waals surface area contributed by atoms with Crippen molar-refractivity contribution in [1.82, 2.24) is 4.98 Å².